The first-order chi connectivity index (χ1) is 9.33. The molecule has 0 saturated heterocycles. The van der Waals surface area contributed by atoms with E-state index in [9.17, 15) is 12.8 Å². The summed E-state index contributed by atoms with van der Waals surface area (Å²) in [5.74, 6) is -0.455. The molecule has 0 amide bonds. The predicted octanol–water partition coefficient (Wildman–Crippen LogP) is 2.66. The zero-order valence-electron chi connectivity index (χ0n) is 11.3. The Bertz CT molecular complexity index is 718. The van der Waals surface area contributed by atoms with Crippen LogP contribution in [0.3, 0.4) is 0 Å². The average Bonchev–Trinajstić information content (AvgIpc) is 2.73. The summed E-state index contributed by atoms with van der Waals surface area (Å²) in [6.45, 7) is 5.03. The van der Waals surface area contributed by atoms with Crippen LogP contribution in [0.15, 0.2) is 17.0 Å². The monoisotopic (exact) mass is 315 g/mol. The fraction of sp³-hybridized carbons (Fsp3) is 0.333. The van der Waals surface area contributed by atoms with Crippen molar-refractivity contribution in [2.75, 3.05) is 4.72 Å². The van der Waals surface area contributed by atoms with E-state index >= 15 is 0 Å². The van der Waals surface area contributed by atoms with E-state index < -0.39 is 15.8 Å². The maximum atomic E-state index is 13.2. The van der Waals surface area contributed by atoms with Gasteiger partial charge in [0.15, 0.2) is 0 Å². The van der Waals surface area contributed by atoms with Crippen molar-refractivity contribution in [1.29, 1.82) is 0 Å². The van der Waals surface area contributed by atoms with Gasteiger partial charge in [0.2, 0.25) is 5.13 Å². The third-order valence-corrected chi connectivity index (χ3v) is 5.44. The summed E-state index contributed by atoms with van der Waals surface area (Å²) >= 11 is 1.18. The normalized spacial score (nSPS) is 11.6. The summed E-state index contributed by atoms with van der Waals surface area (Å²) < 4.78 is 40.3. The Labute approximate surface area is 120 Å². The second kappa shape index (κ2) is 5.45. The molecule has 0 aliphatic rings. The Morgan fingerprint density at radius 2 is 1.85 bits per heavy atom. The van der Waals surface area contributed by atoms with Crippen LogP contribution in [0.5, 0.6) is 0 Å². The van der Waals surface area contributed by atoms with Crippen molar-refractivity contribution in [2.24, 2.45) is 0 Å². The molecule has 0 unspecified atom stereocenters. The lowest BCUT2D eigenvalue weighted by molar-refractivity contribution is 0.597. The number of aryl methyl sites for hydroxylation is 3. The number of nitrogens with zero attached hydrogens (tertiary/aromatic N) is 2. The minimum Gasteiger partial charge on any atom is -0.253 e. The van der Waals surface area contributed by atoms with E-state index in [0.29, 0.717) is 17.5 Å². The average molecular weight is 315 g/mol. The van der Waals surface area contributed by atoms with Crippen LogP contribution in [-0.2, 0) is 16.4 Å². The van der Waals surface area contributed by atoms with Crippen LogP contribution >= 0.6 is 11.3 Å². The van der Waals surface area contributed by atoms with Gasteiger partial charge in [-0.15, -0.1) is 10.2 Å². The Morgan fingerprint density at radius 1 is 1.25 bits per heavy atom. The van der Waals surface area contributed by atoms with Crippen molar-refractivity contribution in [2.45, 2.75) is 32.1 Å². The molecule has 1 aromatic heterocycles. The van der Waals surface area contributed by atoms with Crippen molar-refractivity contribution in [3.63, 3.8) is 0 Å². The molecule has 0 bridgehead atoms. The number of sulfonamides is 1. The van der Waals surface area contributed by atoms with Crippen molar-refractivity contribution >= 4 is 26.5 Å². The molecule has 108 valence electrons. The van der Waals surface area contributed by atoms with Gasteiger partial charge in [-0.05, 0) is 43.5 Å². The summed E-state index contributed by atoms with van der Waals surface area (Å²) in [6.07, 6.45) is 0.688. The molecule has 0 aliphatic heterocycles. The van der Waals surface area contributed by atoms with Crippen LogP contribution in [0.25, 0.3) is 0 Å². The van der Waals surface area contributed by atoms with Gasteiger partial charge in [0.05, 0.1) is 4.90 Å². The van der Waals surface area contributed by atoms with Gasteiger partial charge in [-0.25, -0.2) is 12.8 Å². The van der Waals surface area contributed by atoms with Crippen LogP contribution in [0.1, 0.15) is 23.1 Å². The molecular formula is C12H14FN3O2S2. The highest BCUT2D eigenvalue weighted by Gasteiger charge is 2.22. The zero-order valence-corrected chi connectivity index (χ0v) is 12.9. The van der Waals surface area contributed by atoms with E-state index in [4.69, 9.17) is 0 Å². The van der Waals surface area contributed by atoms with Crippen molar-refractivity contribution < 1.29 is 12.8 Å². The lowest BCUT2D eigenvalue weighted by Gasteiger charge is -2.11. The van der Waals surface area contributed by atoms with E-state index in [0.717, 1.165) is 5.01 Å². The van der Waals surface area contributed by atoms with Gasteiger partial charge in [0.25, 0.3) is 10.0 Å². The molecule has 0 fully saturated rings. The van der Waals surface area contributed by atoms with E-state index in [1.165, 1.54) is 23.5 Å². The molecule has 0 radical (unpaired) electrons. The molecule has 20 heavy (non-hydrogen) atoms. The van der Waals surface area contributed by atoms with Gasteiger partial charge >= 0.3 is 0 Å². The van der Waals surface area contributed by atoms with Crippen molar-refractivity contribution in [3.8, 4) is 0 Å². The Kier molecular flexibility index (Phi) is 4.05. The van der Waals surface area contributed by atoms with E-state index in [2.05, 4.69) is 14.9 Å². The first-order valence-corrected chi connectivity index (χ1v) is 8.25. The second-order valence-corrected chi connectivity index (χ2v) is 7.01. The lowest BCUT2D eigenvalue weighted by Crippen LogP contribution is -2.15. The van der Waals surface area contributed by atoms with Crippen molar-refractivity contribution in [3.05, 3.63) is 34.1 Å². The van der Waals surface area contributed by atoms with Gasteiger partial charge in [-0.3, -0.25) is 4.72 Å². The number of rotatable bonds is 4. The molecule has 0 aliphatic carbocycles. The van der Waals surface area contributed by atoms with Gasteiger partial charge < -0.3 is 0 Å². The third kappa shape index (κ3) is 2.96. The van der Waals surface area contributed by atoms with E-state index in [1.807, 2.05) is 6.92 Å². The maximum Gasteiger partial charge on any atom is 0.264 e. The molecular weight excluding hydrogens is 301 g/mol. The van der Waals surface area contributed by atoms with Crippen LogP contribution in [-0.4, -0.2) is 18.6 Å². The van der Waals surface area contributed by atoms with Gasteiger partial charge in [-0.1, -0.05) is 18.3 Å². The molecule has 1 aromatic carbocycles. The molecule has 0 atom stereocenters. The summed E-state index contributed by atoms with van der Waals surface area (Å²) in [5, 5.41) is 8.59. The molecule has 0 spiro atoms. The fourth-order valence-corrected chi connectivity index (χ4v) is 4.29. The van der Waals surface area contributed by atoms with Crippen LogP contribution in [0, 0.1) is 19.7 Å². The minimum absolute atomic E-state index is 0.0761. The quantitative estimate of drug-likeness (QED) is 0.941. The SMILES string of the molecule is CCc1nnc(NS(=O)(=O)c2c(C)cc(F)cc2C)s1. The highest BCUT2D eigenvalue weighted by atomic mass is 32.2. The fourth-order valence-electron chi connectivity index (χ4n) is 1.93. The maximum absolute atomic E-state index is 13.2. The number of hydrogen-bond acceptors (Lipinski definition) is 5. The smallest absolute Gasteiger partial charge is 0.253 e. The summed E-state index contributed by atoms with van der Waals surface area (Å²) in [4.78, 5) is 0.0761. The lowest BCUT2D eigenvalue weighted by atomic mass is 10.1. The van der Waals surface area contributed by atoms with Gasteiger partial charge in [0.1, 0.15) is 10.8 Å². The number of aromatic nitrogens is 2. The Balaban J connectivity index is 2.40. The molecule has 1 heterocycles. The first-order valence-electron chi connectivity index (χ1n) is 5.95. The Morgan fingerprint density at radius 3 is 2.35 bits per heavy atom. The van der Waals surface area contributed by atoms with Crippen LogP contribution < -0.4 is 4.72 Å². The Hall–Kier alpha value is -1.54. The summed E-state index contributed by atoms with van der Waals surface area (Å²) in [7, 11) is -3.80. The molecule has 2 rings (SSSR count). The number of nitrogens with one attached hydrogen (secondary N) is 1. The highest BCUT2D eigenvalue weighted by Crippen LogP contribution is 2.25. The molecule has 5 nitrogen and oxygen atoms in total. The standard InChI is InChI=1S/C12H14FN3O2S2/c1-4-10-14-15-12(19-10)16-20(17,18)11-7(2)5-9(13)6-8(11)3/h5-6H,4H2,1-3H3,(H,15,16). The summed E-state index contributed by atoms with van der Waals surface area (Å²) in [5.41, 5.74) is 0.713. The van der Waals surface area contributed by atoms with E-state index in [-0.39, 0.29) is 10.0 Å². The summed E-state index contributed by atoms with van der Waals surface area (Å²) in [6, 6.07) is 2.39. The van der Waals surface area contributed by atoms with E-state index in [1.54, 1.807) is 13.8 Å². The second-order valence-electron chi connectivity index (χ2n) is 4.33. The minimum atomic E-state index is -3.80. The van der Waals surface area contributed by atoms with Crippen LogP contribution in [0.4, 0.5) is 9.52 Å². The number of hydrogen-bond donors (Lipinski definition) is 1. The van der Waals surface area contributed by atoms with Crippen molar-refractivity contribution in [1.82, 2.24) is 10.2 Å². The largest absolute Gasteiger partial charge is 0.264 e. The number of benzene rings is 1. The molecule has 0 saturated carbocycles. The molecule has 2 aromatic rings. The third-order valence-electron chi connectivity index (χ3n) is 2.68. The molecule has 8 heteroatoms. The highest BCUT2D eigenvalue weighted by molar-refractivity contribution is 7.93. The number of anilines is 1. The predicted molar refractivity (Wildman–Crippen MR) is 76.0 cm³/mol. The first kappa shape index (κ1) is 14.9. The topological polar surface area (TPSA) is 72.0 Å². The zero-order chi connectivity index (χ0) is 14.9. The van der Waals surface area contributed by atoms with Gasteiger partial charge in [-0.2, -0.15) is 0 Å². The van der Waals surface area contributed by atoms with Gasteiger partial charge in [0, 0.05) is 0 Å². The molecule has 1 N–H and O–H groups in total. The van der Waals surface area contributed by atoms with Crippen LogP contribution in [0.2, 0.25) is 0 Å². The number of halogens is 1.